The van der Waals surface area contributed by atoms with Gasteiger partial charge in [0.1, 0.15) is 0 Å². The summed E-state index contributed by atoms with van der Waals surface area (Å²) in [4.78, 5) is 21.0. The number of aliphatic hydroxyl groups excluding tert-OH is 1. The van der Waals surface area contributed by atoms with Gasteiger partial charge in [-0.2, -0.15) is 83.1 Å². The van der Waals surface area contributed by atoms with E-state index in [1.165, 1.54) is 51.7 Å². The number of halogens is 17. The molecule has 2 unspecified atom stereocenters. The molecule has 0 aromatic heterocycles. The van der Waals surface area contributed by atoms with Crippen molar-refractivity contribution >= 4 is 21.9 Å². The fourth-order valence-corrected chi connectivity index (χ4v) is 6.83. The first-order valence-corrected chi connectivity index (χ1v) is 21.5. The number of quaternary nitrogens is 2. The van der Waals surface area contributed by atoms with Crippen LogP contribution in [0.4, 0.5) is 74.6 Å². The second-order valence-electron chi connectivity index (χ2n) is 18.3. The van der Waals surface area contributed by atoms with E-state index >= 15 is 0 Å². The van der Waals surface area contributed by atoms with E-state index in [0.29, 0.717) is 0 Å². The lowest BCUT2D eigenvalue weighted by Crippen LogP contribution is -2.74. The normalized spacial score (nSPS) is 17.3. The van der Waals surface area contributed by atoms with Crippen LogP contribution in [0, 0.1) is 11.8 Å². The molecule has 68 heavy (non-hydrogen) atoms. The minimum atomic E-state index is -8.61. The third-order valence-electron chi connectivity index (χ3n) is 8.83. The Morgan fingerprint density at radius 3 is 1.38 bits per heavy atom. The van der Waals surface area contributed by atoms with Gasteiger partial charge >= 0.3 is 47.6 Å². The summed E-state index contributed by atoms with van der Waals surface area (Å²) in [5.74, 6) is -55.4. The monoisotopic (exact) mass is 1060 g/mol. The maximum Gasteiger partial charge on any atom is 0.460 e. The molecule has 0 radical (unpaired) electrons. The van der Waals surface area contributed by atoms with Gasteiger partial charge in [0.25, 0.3) is 10.1 Å². The lowest BCUT2D eigenvalue weighted by Gasteiger charge is -2.42. The fraction of sp³-hybridized carbons (Fsp3) is 0.846. The lowest BCUT2D eigenvalue weighted by molar-refractivity contribution is -0.880. The molecule has 2 atom stereocenters. The molecule has 0 aliphatic carbocycles. The van der Waals surface area contributed by atoms with Crippen molar-refractivity contribution in [3.63, 3.8) is 0 Å². The first-order valence-electron chi connectivity index (χ1n) is 19.9. The molecular weight excluding hydrogens is 991 g/mol. The summed E-state index contributed by atoms with van der Waals surface area (Å²) >= 11 is 0. The maximum absolute atomic E-state index is 13.4. The summed E-state index contributed by atoms with van der Waals surface area (Å²) in [7, 11) is 7.08. The fourth-order valence-electron chi connectivity index (χ4n) is 5.84. The van der Waals surface area contributed by atoms with Gasteiger partial charge in [-0.15, -0.1) is 0 Å². The van der Waals surface area contributed by atoms with Crippen molar-refractivity contribution in [1.82, 2.24) is 10.6 Å². The Kier molecular flexibility index (Phi) is 26.9. The molecule has 1 saturated heterocycles. The average Bonchev–Trinajstić information content (AvgIpc) is 3.34. The van der Waals surface area contributed by atoms with Crippen LogP contribution < -0.4 is 10.6 Å². The molecule has 1 aliphatic rings. The van der Waals surface area contributed by atoms with Gasteiger partial charge in [0.15, 0.2) is 0 Å². The van der Waals surface area contributed by atoms with E-state index in [4.69, 9.17) is 9.66 Å². The van der Waals surface area contributed by atoms with E-state index < -0.39 is 87.8 Å². The molecule has 0 aromatic carbocycles. The van der Waals surface area contributed by atoms with E-state index in [-0.39, 0.29) is 17.6 Å². The Morgan fingerprint density at radius 1 is 0.735 bits per heavy atom. The topological polar surface area (TPSA) is 142 Å². The predicted octanol–water partition coefficient (Wildman–Crippen LogP) is 9.76. The smallest absolute Gasteiger partial charge is 0.460 e. The molecule has 29 heteroatoms. The molecule has 0 spiro atoms. The van der Waals surface area contributed by atoms with Gasteiger partial charge in [0.05, 0.1) is 90.7 Å². The largest absolute Gasteiger partial charge is 0.513 e. The quantitative estimate of drug-likeness (QED) is 0.0352. The average molecular weight is 1060 g/mol. The van der Waals surface area contributed by atoms with Crippen molar-refractivity contribution in [2.75, 3.05) is 73.8 Å². The van der Waals surface area contributed by atoms with E-state index in [9.17, 15) is 92.6 Å². The minimum absolute atomic E-state index is 0.0615. The number of aliphatic hydroxyl groups is 1. The van der Waals surface area contributed by atoms with Crippen LogP contribution in [0.2, 0.25) is 0 Å². The van der Waals surface area contributed by atoms with Gasteiger partial charge in [-0.3, -0.25) is 14.1 Å². The van der Waals surface area contributed by atoms with Crippen LogP contribution >= 0.6 is 0 Å². The van der Waals surface area contributed by atoms with Crippen molar-refractivity contribution in [1.29, 1.82) is 0 Å². The highest BCUT2D eigenvalue weighted by Gasteiger charge is 2.95. The maximum atomic E-state index is 13.4. The molecule has 1 rings (SSSR count). The van der Waals surface area contributed by atoms with E-state index in [1.54, 1.807) is 6.92 Å². The standard InChI is InChI=1S/C13H9F17O.C9H20N.C8H18N2O.C6H13NO4S.C3H6O/c1-5(2)31-4-3-6(14,15)7(16,17)8(18,19)9(20,21)10(22,23)11(24,25)12(26,27)13(28,29)30;1-5-9-7-10(3,4)6-8(9)2;1-8(11)9-6-5-7-10(2,3)4;1-5(8)7-6(2,3)4-12(9,10)11;1-3(2)4/h1,3-4H2,2H3;8-9H,5-7H2,1-4H3;5-7H2,1-4H3;4H2,1-3H3,(H,7,8)(H,9,10,11);4H,1H2,2H3/q;+1;;;/p+1. The number of allylic oxidation sites excluding steroid dienone is 2. The Morgan fingerprint density at radius 2 is 1.12 bits per heavy atom. The van der Waals surface area contributed by atoms with Crippen molar-refractivity contribution in [3.8, 4) is 0 Å². The number of ether oxygens (including phenoxy) is 1. The van der Waals surface area contributed by atoms with Gasteiger partial charge in [-0.05, 0) is 34.1 Å². The minimum Gasteiger partial charge on any atom is -0.513 e. The summed E-state index contributed by atoms with van der Waals surface area (Å²) in [6.07, 6.45) is -8.00. The second-order valence-corrected chi connectivity index (χ2v) is 19.7. The second kappa shape index (κ2) is 25.7. The molecule has 4 N–H and O–H groups in total. The number of likely N-dealkylation sites (tertiary alicyclic amines) is 1. The molecular formula is C39H67F17N4O7S+2. The van der Waals surface area contributed by atoms with Crippen molar-refractivity contribution in [3.05, 3.63) is 24.7 Å². The van der Waals surface area contributed by atoms with Crippen LogP contribution in [0.25, 0.3) is 0 Å². The number of carbonyl (C=O) groups excluding carboxylic acids is 2. The Balaban J connectivity index is -0.000000449. The molecule has 0 aromatic rings. The van der Waals surface area contributed by atoms with Crippen molar-refractivity contribution in [2.24, 2.45) is 11.8 Å². The molecule has 408 valence electrons. The van der Waals surface area contributed by atoms with Gasteiger partial charge in [-0.25, -0.2) is 0 Å². The Bertz CT molecular complexity index is 1720. The SMILES string of the molecule is C=C(C)O.C=C(C)OCCC(F)(F)C(F)(F)C(F)(F)C(F)(F)C(F)(F)C(F)(F)C(F)(F)C(F)(F)F.CC(=O)NC(C)(C)CS(=O)(=O)O.CC(=O)NCCC[N+](C)(C)C.CCC1C[N+](C)(C)CC1C. The zero-order valence-corrected chi connectivity index (χ0v) is 40.9. The number of rotatable bonds is 18. The Labute approximate surface area is 386 Å². The van der Waals surface area contributed by atoms with Gasteiger partial charge < -0.3 is 29.4 Å². The molecule has 0 saturated carbocycles. The first-order chi connectivity index (χ1) is 29.5. The lowest BCUT2D eigenvalue weighted by atomic mass is 9.88. The van der Waals surface area contributed by atoms with Crippen LogP contribution in [0.3, 0.4) is 0 Å². The van der Waals surface area contributed by atoms with Gasteiger partial charge in [0, 0.05) is 38.6 Å². The molecule has 0 bridgehead atoms. The zero-order valence-electron chi connectivity index (χ0n) is 40.1. The summed E-state index contributed by atoms with van der Waals surface area (Å²) in [5.41, 5.74) is -0.931. The number of hydrogen-bond acceptors (Lipinski definition) is 6. The predicted molar refractivity (Wildman–Crippen MR) is 219 cm³/mol. The number of nitrogens with zero attached hydrogens (tertiary/aromatic N) is 2. The van der Waals surface area contributed by atoms with Crippen LogP contribution in [0.1, 0.15) is 74.7 Å². The van der Waals surface area contributed by atoms with Crippen LogP contribution in [-0.4, -0.2) is 166 Å². The summed E-state index contributed by atoms with van der Waals surface area (Å²) in [6, 6.07) is 0. The first kappa shape index (κ1) is 71.2. The van der Waals surface area contributed by atoms with Crippen LogP contribution in [-0.2, 0) is 24.4 Å². The zero-order chi connectivity index (χ0) is 55.9. The summed E-state index contributed by atoms with van der Waals surface area (Å²) < 4.78 is 256. The number of hydrogen-bond donors (Lipinski definition) is 4. The van der Waals surface area contributed by atoms with Crippen molar-refractivity contribution in [2.45, 2.75) is 128 Å². The highest BCUT2D eigenvalue weighted by molar-refractivity contribution is 7.85. The molecule has 11 nitrogen and oxygen atoms in total. The van der Waals surface area contributed by atoms with Gasteiger partial charge in [0.2, 0.25) is 11.8 Å². The highest BCUT2D eigenvalue weighted by atomic mass is 32.2. The molecule has 2 amide bonds. The van der Waals surface area contributed by atoms with Gasteiger partial charge in [-0.1, -0.05) is 27.0 Å². The molecule has 1 fully saturated rings. The van der Waals surface area contributed by atoms with Crippen LogP contribution in [0.5, 0.6) is 0 Å². The summed E-state index contributed by atoms with van der Waals surface area (Å²) in [6.45, 7) is 21.9. The van der Waals surface area contributed by atoms with E-state index in [2.05, 4.69) is 77.6 Å². The third-order valence-corrected chi connectivity index (χ3v) is 9.92. The van der Waals surface area contributed by atoms with Crippen molar-refractivity contribution < 1.29 is 116 Å². The highest BCUT2D eigenvalue weighted by Crippen LogP contribution is 2.64. The molecule has 1 heterocycles. The Hall–Kier alpha value is -3.34. The number of carbonyl (C=O) groups is 2. The van der Waals surface area contributed by atoms with Crippen LogP contribution in [0.15, 0.2) is 24.7 Å². The number of amides is 2. The molecule has 1 aliphatic heterocycles. The number of alkyl halides is 17. The van der Waals surface area contributed by atoms with E-state index in [1.807, 2.05) is 0 Å². The third kappa shape index (κ3) is 23.1. The van der Waals surface area contributed by atoms with E-state index in [0.717, 1.165) is 42.8 Å². The number of nitrogens with one attached hydrogen (secondary N) is 2. The summed E-state index contributed by atoms with van der Waals surface area (Å²) in [5, 5.41) is 13.0.